The van der Waals surface area contributed by atoms with Gasteiger partial charge in [-0.05, 0) is 0 Å². The molecule has 0 aromatic carbocycles. The van der Waals surface area contributed by atoms with Crippen molar-refractivity contribution >= 4 is 14.2 Å². The zero-order chi connectivity index (χ0) is 13.3. The molecule has 100 valence electrons. The topological polar surface area (TPSA) is 122 Å². The first kappa shape index (κ1) is 13.3. The maximum atomic E-state index is 11.5. The van der Waals surface area contributed by atoms with Crippen molar-refractivity contribution in [2.24, 2.45) is 0 Å². The van der Waals surface area contributed by atoms with Gasteiger partial charge in [0.05, 0.1) is 0 Å². The first-order chi connectivity index (χ1) is 8.47. The number of aliphatic hydroxyl groups is 1. The second-order valence-electron chi connectivity index (χ2n) is 3.94. The van der Waals surface area contributed by atoms with E-state index in [0.29, 0.717) is 0 Å². The fourth-order valence-corrected chi connectivity index (χ4v) is 3.05. The van der Waals surface area contributed by atoms with Crippen molar-refractivity contribution in [3.63, 3.8) is 0 Å². The molecule has 1 fully saturated rings. The van der Waals surface area contributed by atoms with Crippen LogP contribution in [0.5, 0.6) is 0 Å². The zero-order valence-corrected chi connectivity index (χ0v) is 10.9. The average molecular weight is 323 g/mol. The Morgan fingerprint density at radius 2 is 2.28 bits per heavy atom. The Labute approximate surface area is 105 Å². The number of nitrogens with one attached hydrogen (secondary N) is 1. The molecule has 2 heterocycles. The van der Waals surface area contributed by atoms with Crippen molar-refractivity contribution in [3.8, 4) is 0 Å². The molecule has 0 radical (unpaired) electrons. The van der Waals surface area contributed by atoms with Gasteiger partial charge in [0.15, 0.2) is 0 Å². The number of aromatic nitrogens is 2. The summed E-state index contributed by atoms with van der Waals surface area (Å²) in [5, 5.41) is 9.54. The molecule has 1 aromatic rings. The first-order valence-electron chi connectivity index (χ1n) is 5.20. The van der Waals surface area contributed by atoms with Crippen LogP contribution in [0.2, 0.25) is 5.32 Å². The van der Waals surface area contributed by atoms with Gasteiger partial charge in [-0.25, -0.2) is 0 Å². The number of H-pyrrole nitrogens is 1. The molecule has 0 amide bonds. The SMILES string of the molecule is O=c1ccn([C@H]2C[C@H](O)[C@@H](C[Se](=O)O)O2)c(=O)[nH]1. The van der Waals surface area contributed by atoms with Gasteiger partial charge in [0.1, 0.15) is 0 Å². The van der Waals surface area contributed by atoms with Crippen molar-refractivity contribution in [1.82, 2.24) is 9.55 Å². The normalized spacial score (nSPS) is 29.3. The summed E-state index contributed by atoms with van der Waals surface area (Å²) in [4.78, 5) is 24.5. The van der Waals surface area contributed by atoms with Crippen LogP contribution in [-0.2, 0) is 8.57 Å². The summed E-state index contributed by atoms with van der Waals surface area (Å²) in [5.74, 6) is 0. The van der Waals surface area contributed by atoms with E-state index in [4.69, 9.17) is 8.93 Å². The van der Waals surface area contributed by atoms with Crippen molar-refractivity contribution in [2.75, 3.05) is 0 Å². The summed E-state index contributed by atoms with van der Waals surface area (Å²) in [5.41, 5.74) is -1.16. The summed E-state index contributed by atoms with van der Waals surface area (Å²) in [6, 6.07) is 1.17. The number of ether oxygens (including phenoxy) is 1. The minimum absolute atomic E-state index is 0.129. The predicted molar refractivity (Wildman–Crippen MR) is 59.3 cm³/mol. The summed E-state index contributed by atoms with van der Waals surface area (Å²) >= 11 is -2.96. The molecular weight excluding hydrogens is 311 g/mol. The number of nitrogens with zero attached hydrogens (tertiary/aromatic N) is 1. The molecule has 2 rings (SSSR count). The van der Waals surface area contributed by atoms with E-state index in [1.807, 2.05) is 0 Å². The van der Waals surface area contributed by atoms with Gasteiger partial charge in [0.25, 0.3) is 0 Å². The molecule has 0 aliphatic carbocycles. The van der Waals surface area contributed by atoms with Crippen LogP contribution < -0.4 is 11.2 Å². The summed E-state index contributed by atoms with van der Waals surface area (Å²) in [6.45, 7) is 0. The molecule has 1 aromatic heterocycles. The van der Waals surface area contributed by atoms with E-state index < -0.39 is 43.8 Å². The number of hydrogen-bond acceptors (Lipinski definition) is 5. The fraction of sp³-hybridized carbons (Fsp3) is 0.556. The molecule has 1 aliphatic heterocycles. The van der Waals surface area contributed by atoms with Crippen LogP contribution in [0.25, 0.3) is 0 Å². The molecule has 0 bridgehead atoms. The van der Waals surface area contributed by atoms with Crippen LogP contribution >= 0.6 is 0 Å². The van der Waals surface area contributed by atoms with Gasteiger partial charge in [-0.1, -0.05) is 0 Å². The Kier molecular flexibility index (Phi) is 3.88. The minimum atomic E-state index is -2.96. The van der Waals surface area contributed by atoms with Crippen molar-refractivity contribution in [2.45, 2.75) is 30.2 Å². The number of aliphatic hydroxyl groups excluding tert-OH is 1. The van der Waals surface area contributed by atoms with Crippen LogP contribution in [-0.4, -0.2) is 45.2 Å². The Morgan fingerprint density at radius 1 is 1.56 bits per heavy atom. The molecular formula is C9H12N2O6Se. The average Bonchev–Trinajstić information content (AvgIpc) is 2.59. The molecule has 18 heavy (non-hydrogen) atoms. The molecule has 1 aliphatic rings. The van der Waals surface area contributed by atoms with Gasteiger partial charge in [0, 0.05) is 0 Å². The number of hydrogen-bond donors (Lipinski definition) is 3. The van der Waals surface area contributed by atoms with Gasteiger partial charge >= 0.3 is 105 Å². The maximum absolute atomic E-state index is 11.5. The fourth-order valence-electron chi connectivity index (χ4n) is 1.83. The van der Waals surface area contributed by atoms with Gasteiger partial charge in [-0.3, -0.25) is 0 Å². The van der Waals surface area contributed by atoms with Gasteiger partial charge in [0.2, 0.25) is 0 Å². The van der Waals surface area contributed by atoms with E-state index in [1.165, 1.54) is 12.3 Å². The van der Waals surface area contributed by atoms with Crippen molar-refractivity contribution in [3.05, 3.63) is 33.1 Å². The van der Waals surface area contributed by atoms with Gasteiger partial charge in [-0.2, -0.15) is 0 Å². The van der Waals surface area contributed by atoms with Crippen molar-refractivity contribution in [1.29, 1.82) is 0 Å². The predicted octanol–water partition coefficient (Wildman–Crippen LogP) is -1.90. The van der Waals surface area contributed by atoms with Crippen LogP contribution in [0, 0.1) is 0 Å². The van der Waals surface area contributed by atoms with Gasteiger partial charge in [-0.15, -0.1) is 0 Å². The van der Waals surface area contributed by atoms with Crippen molar-refractivity contribution < 1.29 is 17.9 Å². The third kappa shape index (κ3) is 2.82. The van der Waals surface area contributed by atoms with E-state index in [1.54, 1.807) is 0 Å². The monoisotopic (exact) mass is 324 g/mol. The van der Waals surface area contributed by atoms with E-state index in [-0.39, 0.29) is 11.7 Å². The third-order valence-corrected chi connectivity index (χ3v) is 3.96. The number of aromatic amines is 1. The Morgan fingerprint density at radius 3 is 2.89 bits per heavy atom. The molecule has 0 saturated carbocycles. The van der Waals surface area contributed by atoms with Gasteiger partial charge < -0.3 is 0 Å². The molecule has 1 saturated heterocycles. The first-order valence-corrected chi connectivity index (χ1v) is 7.87. The molecule has 4 atom stereocenters. The Bertz CT molecular complexity index is 567. The zero-order valence-electron chi connectivity index (χ0n) is 9.18. The second kappa shape index (κ2) is 5.25. The second-order valence-corrected chi connectivity index (χ2v) is 5.99. The molecule has 8 nitrogen and oxygen atoms in total. The van der Waals surface area contributed by atoms with E-state index in [0.717, 1.165) is 4.57 Å². The number of rotatable bonds is 3. The molecule has 3 N–H and O–H groups in total. The van der Waals surface area contributed by atoms with E-state index >= 15 is 0 Å². The van der Waals surface area contributed by atoms with E-state index in [9.17, 15) is 18.5 Å². The third-order valence-electron chi connectivity index (χ3n) is 2.67. The summed E-state index contributed by atoms with van der Waals surface area (Å²) in [7, 11) is 0. The van der Waals surface area contributed by atoms with Crippen LogP contribution in [0.3, 0.4) is 0 Å². The van der Waals surface area contributed by atoms with Crippen LogP contribution in [0.4, 0.5) is 0 Å². The van der Waals surface area contributed by atoms with Crippen LogP contribution in [0.1, 0.15) is 12.6 Å². The molecule has 1 unspecified atom stereocenters. The summed E-state index contributed by atoms with van der Waals surface area (Å²) < 4.78 is 26.1. The van der Waals surface area contributed by atoms with Crippen LogP contribution in [0.15, 0.2) is 21.9 Å². The standard InChI is InChI=1S/C9H12N2O6Se/c12-5-3-8(17-6(5)4-18(15)16)11-2-1-7(13)10-9(11)14/h1-2,5-6,8,12H,3-4H2,(H,15,16)(H,10,13,14)/t5-,6+,8+/m0/s1. The molecule has 0 spiro atoms. The van der Waals surface area contributed by atoms with E-state index in [2.05, 4.69) is 4.98 Å². The quantitative estimate of drug-likeness (QED) is 0.559. The summed E-state index contributed by atoms with van der Waals surface area (Å²) in [6.07, 6.45) is -0.998. The Hall–Kier alpha value is -1.12. The Balaban J connectivity index is 2.19. The molecule has 9 heteroatoms.